The van der Waals surface area contributed by atoms with Crippen molar-refractivity contribution in [3.8, 4) is 0 Å². The average molecular weight is 235 g/mol. The molecule has 1 aromatic rings. The van der Waals surface area contributed by atoms with Gasteiger partial charge >= 0.3 is 0 Å². The molecule has 0 amide bonds. The Kier molecular flexibility index (Phi) is 3.58. The van der Waals surface area contributed by atoms with Crippen LogP contribution >= 0.6 is 0 Å². The van der Waals surface area contributed by atoms with Gasteiger partial charge in [0.25, 0.3) is 5.69 Å². The van der Waals surface area contributed by atoms with E-state index >= 15 is 0 Å². The summed E-state index contributed by atoms with van der Waals surface area (Å²) >= 11 is 0. The fraction of sp³-hybridized carbons (Fsp3) is 0.500. The summed E-state index contributed by atoms with van der Waals surface area (Å²) in [5.41, 5.74) is 1.04. The van der Waals surface area contributed by atoms with Gasteiger partial charge < -0.3 is 10.2 Å². The van der Waals surface area contributed by atoms with Crippen LogP contribution in [0.25, 0.3) is 0 Å². The number of nitrogens with zero attached hydrogens (tertiary/aromatic N) is 2. The van der Waals surface area contributed by atoms with Gasteiger partial charge in [-0.1, -0.05) is 6.07 Å². The van der Waals surface area contributed by atoms with Crippen LogP contribution in [-0.4, -0.2) is 31.1 Å². The molecule has 1 aromatic carbocycles. The van der Waals surface area contributed by atoms with Crippen molar-refractivity contribution in [3.05, 3.63) is 34.4 Å². The van der Waals surface area contributed by atoms with E-state index in [1.54, 1.807) is 12.1 Å². The lowest BCUT2D eigenvalue weighted by Crippen LogP contribution is -2.35. The summed E-state index contributed by atoms with van der Waals surface area (Å²) in [5.74, 6) is 0. The number of nitro benzene ring substituents is 1. The lowest BCUT2D eigenvalue weighted by atomic mass is 10.2. The van der Waals surface area contributed by atoms with Gasteiger partial charge in [0.2, 0.25) is 0 Å². The molecule has 1 saturated heterocycles. The minimum atomic E-state index is -0.356. The zero-order valence-electron chi connectivity index (χ0n) is 9.93. The van der Waals surface area contributed by atoms with E-state index in [2.05, 4.69) is 10.2 Å². The topological polar surface area (TPSA) is 58.4 Å². The van der Waals surface area contributed by atoms with Crippen molar-refractivity contribution in [3.63, 3.8) is 0 Å². The van der Waals surface area contributed by atoms with Gasteiger partial charge in [0.05, 0.1) is 4.92 Å². The van der Waals surface area contributed by atoms with Crippen LogP contribution < -0.4 is 10.2 Å². The standard InChI is InChI=1S/C12H17N3O2/c1-14(9-10-4-3-7-13-10)11-5-2-6-12(8-11)15(16)17/h2,5-6,8,10,13H,3-4,7,9H2,1H3. The SMILES string of the molecule is CN(CC1CCCN1)c1cccc([N+](=O)[O-])c1. The van der Waals surface area contributed by atoms with Gasteiger partial charge in [-0.05, 0) is 25.5 Å². The molecule has 0 aliphatic carbocycles. The molecular formula is C12H17N3O2. The van der Waals surface area contributed by atoms with Crippen molar-refractivity contribution >= 4 is 11.4 Å². The number of nitro groups is 1. The molecule has 1 fully saturated rings. The Labute approximate surface area is 101 Å². The van der Waals surface area contributed by atoms with E-state index in [4.69, 9.17) is 0 Å². The largest absolute Gasteiger partial charge is 0.373 e. The Hall–Kier alpha value is -1.62. The number of anilines is 1. The van der Waals surface area contributed by atoms with E-state index in [-0.39, 0.29) is 10.6 Å². The molecule has 0 spiro atoms. The number of benzene rings is 1. The van der Waals surface area contributed by atoms with E-state index in [1.165, 1.54) is 18.9 Å². The van der Waals surface area contributed by atoms with Crippen LogP contribution in [0.15, 0.2) is 24.3 Å². The first-order valence-electron chi connectivity index (χ1n) is 5.86. The van der Waals surface area contributed by atoms with Gasteiger partial charge in [-0.15, -0.1) is 0 Å². The van der Waals surface area contributed by atoms with Crippen molar-refractivity contribution < 1.29 is 4.92 Å². The highest BCUT2D eigenvalue weighted by Gasteiger charge is 2.17. The maximum Gasteiger partial charge on any atom is 0.271 e. The summed E-state index contributed by atoms with van der Waals surface area (Å²) in [6.45, 7) is 1.97. The van der Waals surface area contributed by atoms with Crippen LogP contribution in [0.2, 0.25) is 0 Å². The molecular weight excluding hydrogens is 218 g/mol. The maximum atomic E-state index is 10.7. The summed E-state index contributed by atoms with van der Waals surface area (Å²) in [7, 11) is 1.97. The second kappa shape index (κ2) is 5.14. The molecule has 0 aromatic heterocycles. The van der Waals surface area contributed by atoms with E-state index in [0.29, 0.717) is 6.04 Å². The van der Waals surface area contributed by atoms with E-state index in [9.17, 15) is 10.1 Å². The first-order valence-corrected chi connectivity index (χ1v) is 5.86. The van der Waals surface area contributed by atoms with Gasteiger partial charge in [-0.2, -0.15) is 0 Å². The Bertz CT molecular complexity index is 402. The van der Waals surface area contributed by atoms with E-state index in [0.717, 1.165) is 18.8 Å². The molecule has 5 heteroatoms. The van der Waals surface area contributed by atoms with Gasteiger partial charge in [0.15, 0.2) is 0 Å². The lowest BCUT2D eigenvalue weighted by Gasteiger charge is -2.23. The number of nitrogens with one attached hydrogen (secondary N) is 1. The summed E-state index contributed by atoms with van der Waals surface area (Å²) in [5, 5.41) is 14.1. The molecule has 0 saturated carbocycles. The highest BCUT2D eigenvalue weighted by atomic mass is 16.6. The second-order valence-electron chi connectivity index (χ2n) is 4.45. The van der Waals surface area contributed by atoms with Crippen molar-refractivity contribution in [2.24, 2.45) is 0 Å². The molecule has 1 unspecified atom stereocenters. The normalized spacial score (nSPS) is 19.2. The number of hydrogen-bond donors (Lipinski definition) is 1. The molecule has 1 atom stereocenters. The molecule has 1 heterocycles. The first-order chi connectivity index (χ1) is 8.16. The minimum absolute atomic E-state index is 0.147. The molecule has 1 aliphatic heterocycles. The Morgan fingerprint density at radius 2 is 2.41 bits per heavy atom. The summed E-state index contributed by atoms with van der Waals surface area (Å²) in [6, 6.07) is 7.27. The molecule has 1 N–H and O–H groups in total. The summed E-state index contributed by atoms with van der Waals surface area (Å²) in [6.07, 6.45) is 2.40. The Morgan fingerprint density at radius 1 is 1.59 bits per heavy atom. The van der Waals surface area contributed by atoms with Crippen LogP contribution in [0.3, 0.4) is 0 Å². The zero-order valence-corrected chi connectivity index (χ0v) is 9.93. The minimum Gasteiger partial charge on any atom is -0.373 e. The molecule has 0 radical (unpaired) electrons. The second-order valence-corrected chi connectivity index (χ2v) is 4.45. The molecule has 92 valence electrons. The van der Waals surface area contributed by atoms with Gasteiger partial charge in [0.1, 0.15) is 0 Å². The highest BCUT2D eigenvalue weighted by Crippen LogP contribution is 2.20. The average Bonchev–Trinajstić information content (AvgIpc) is 2.82. The van der Waals surface area contributed by atoms with Crippen LogP contribution in [0.5, 0.6) is 0 Å². The predicted molar refractivity (Wildman–Crippen MR) is 67.4 cm³/mol. The molecule has 1 aliphatic rings. The monoisotopic (exact) mass is 235 g/mol. The van der Waals surface area contributed by atoms with Crippen LogP contribution in [0.1, 0.15) is 12.8 Å². The van der Waals surface area contributed by atoms with Crippen LogP contribution in [-0.2, 0) is 0 Å². The van der Waals surface area contributed by atoms with Crippen molar-refractivity contribution in [1.29, 1.82) is 0 Å². The maximum absolute atomic E-state index is 10.7. The third-order valence-corrected chi connectivity index (χ3v) is 3.14. The quantitative estimate of drug-likeness (QED) is 0.638. The molecule has 2 rings (SSSR count). The van der Waals surface area contributed by atoms with Crippen molar-refractivity contribution in [1.82, 2.24) is 5.32 Å². The number of likely N-dealkylation sites (N-methyl/N-ethyl adjacent to an activating group) is 1. The predicted octanol–water partition coefficient (Wildman–Crippen LogP) is 1.78. The van der Waals surface area contributed by atoms with Crippen molar-refractivity contribution in [2.45, 2.75) is 18.9 Å². The highest BCUT2D eigenvalue weighted by molar-refractivity contribution is 5.52. The van der Waals surface area contributed by atoms with E-state index in [1.807, 2.05) is 13.1 Å². The van der Waals surface area contributed by atoms with Crippen LogP contribution in [0.4, 0.5) is 11.4 Å². The number of hydrogen-bond acceptors (Lipinski definition) is 4. The van der Waals surface area contributed by atoms with Crippen molar-refractivity contribution in [2.75, 3.05) is 25.0 Å². The Morgan fingerprint density at radius 3 is 3.06 bits per heavy atom. The third kappa shape index (κ3) is 2.94. The summed E-state index contributed by atoms with van der Waals surface area (Å²) < 4.78 is 0. The third-order valence-electron chi connectivity index (χ3n) is 3.14. The molecule has 5 nitrogen and oxygen atoms in total. The fourth-order valence-electron chi connectivity index (χ4n) is 2.19. The fourth-order valence-corrected chi connectivity index (χ4v) is 2.19. The summed E-state index contributed by atoms with van der Waals surface area (Å²) in [4.78, 5) is 12.4. The van der Waals surface area contributed by atoms with Crippen LogP contribution in [0, 0.1) is 10.1 Å². The number of rotatable bonds is 4. The van der Waals surface area contributed by atoms with Gasteiger partial charge in [-0.25, -0.2) is 0 Å². The Balaban J connectivity index is 2.04. The molecule has 0 bridgehead atoms. The van der Waals surface area contributed by atoms with E-state index < -0.39 is 0 Å². The van der Waals surface area contributed by atoms with Gasteiger partial charge in [-0.3, -0.25) is 10.1 Å². The first kappa shape index (κ1) is 11.9. The smallest absolute Gasteiger partial charge is 0.271 e. The number of non-ortho nitro benzene ring substituents is 1. The molecule has 17 heavy (non-hydrogen) atoms. The zero-order chi connectivity index (χ0) is 12.3. The van der Waals surface area contributed by atoms with Gasteiger partial charge in [0, 0.05) is 37.5 Å². The lowest BCUT2D eigenvalue weighted by molar-refractivity contribution is -0.384.